The maximum Gasteiger partial charge on any atom is 0.308 e. The van der Waals surface area contributed by atoms with Crippen LogP contribution in [0.3, 0.4) is 0 Å². The Morgan fingerprint density at radius 2 is 1.78 bits per heavy atom. The Bertz CT molecular complexity index is 317. The van der Waals surface area contributed by atoms with Crippen molar-refractivity contribution in [3.8, 4) is 0 Å². The van der Waals surface area contributed by atoms with Crippen LogP contribution in [0.25, 0.3) is 0 Å². The first-order valence-corrected chi connectivity index (χ1v) is 5.73. The maximum absolute atomic E-state index is 11.5. The van der Waals surface area contributed by atoms with Crippen molar-refractivity contribution in [3.05, 3.63) is 0 Å². The van der Waals surface area contributed by atoms with Gasteiger partial charge in [-0.25, -0.2) is 0 Å². The van der Waals surface area contributed by atoms with Crippen molar-refractivity contribution in [1.29, 1.82) is 0 Å². The molecule has 104 valence electrons. The molecule has 0 bridgehead atoms. The van der Waals surface area contributed by atoms with E-state index in [2.05, 4.69) is 5.32 Å². The minimum Gasteiger partial charge on any atom is -0.481 e. The molecule has 0 aliphatic carbocycles. The highest BCUT2D eigenvalue weighted by Crippen LogP contribution is 2.09. The number of carbonyl (C=O) groups is 3. The van der Waals surface area contributed by atoms with Crippen molar-refractivity contribution in [2.24, 2.45) is 17.6 Å². The predicted molar refractivity (Wildman–Crippen MR) is 63.8 cm³/mol. The Labute approximate surface area is 105 Å². The average Bonchev–Trinajstić information content (AvgIpc) is 2.24. The summed E-state index contributed by atoms with van der Waals surface area (Å²) in [6.07, 6.45) is -0.165. The molecule has 0 radical (unpaired) electrons. The van der Waals surface area contributed by atoms with Gasteiger partial charge in [0.15, 0.2) is 0 Å². The van der Waals surface area contributed by atoms with E-state index in [1.807, 2.05) is 0 Å². The fourth-order valence-electron chi connectivity index (χ4n) is 1.36. The summed E-state index contributed by atoms with van der Waals surface area (Å²) in [6, 6.07) is -0.928. The van der Waals surface area contributed by atoms with Crippen molar-refractivity contribution in [2.45, 2.75) is 32.7 Å². The zero-order chi connectivity index (χ0) is 14.3. The smallest absolute Gasteiger partial charge is 0.308 e. The van der Waals surface area contributed by atoms with Gasteiger partial charge in [-0.1, -0.05) is 13.8 Å². The molecule has 7 heteroatoms. The van der Waals surface area contributed by atoms with E-state index in [9.17, 15) is 14.4 Å². The van der Waals surface area contributed by atoms with Crippen LogP contribution in [-0.2, 0) is 14.4 Å². The van der Waals surface area contributed by atoms with E-state index < -0.39 is 29.8 Å². The Kier molecular flexibility index (Phi) is 6.96. The zero-order valence-electron chi connectivity index (χ0n) is 10.5. The molecule has 2 unspecified atom stereocenters. The van der Waals surface area contributed by atoms with Crippen LogP contribution in [0, 0.1) is 11.8 Å². The molecule has 0 aliphatic rings. The molecular weight excluding hydrogens is 240 g/mol. The standard InChI is InChI=1S/C11H20N2O5/c1-6(2)7(11(17)18)5-13-10(16)8(12)3-4-9(14)15/h6-8H,3-5,12H2,1-2H3,(H,13,16)(H,14,15)(H,17,18). The summed E-state index contributed by atoms with van der Waals surface area (Å²) in [5, 5.41) is 19.8. The number of nitrogens with two attached hydrogens (primary N) is 1. The van der Waals surface area contributed by atoms with Crippen molar-refractivity contribution in [1.82, 2.24) is 5.32 Å². The molecule has 0 aromatic heterocycles. The monoisotopic (exact) mass is 260 g/mol. The highest BCUT2D eigenvalue weighted by Gasteiger charge is 2.23. The molecule has 5 N–H and O–H groups in total. The van der Waals surface area contributed by atoms with E-state index in [1.54, 1.807) is 13.8 Å². The van der Waals surface area contributed by atoms with Crippen LogP contribution < -0.4 is 11.1 Å². The average molecular weight is 260 g/mol. The number of aliphatic carboxylic acids is 2. The summed E-state index contributed by atoms with van der Waals surface area (Å²) in [5.74, 6) is -3.32. The predicted octanol–water partition coefficient (Wildman–Crippen LogP) is -0.348. The van der Waals surface area contributed by atoms with Gasteiger partial charge >= 0.3 is 11.9 Å². The number of carboxylic acid groups (broad SMARTS) is 2. The van der Waals surface area contributed by atoms with Gasteiger partial charge in [0.2, 0.25) is 5.91 Å². The van der Waals surface area contributed by atoms with E-state index in [0.29, 0.717) is 0 Å². The van der Waals surface area contributed by atoms with Crippen molar-refractivity contribution >= 4 is 17.8 Å². The molecule has 0 aliphatic heterocycles. The summed E-state index contributed by atoms with van der Waals surface area (Å²) in [4.78, 5) is 32.7. The summed E-state index contributed by atoms with van der Waals surface area (Å²) in [6.45, 7) is 3.48. The van der Waals surface area contributed by atoms with Crippen LogP contribution in [-0.4, -0.2) is 40.6 Å². The van der Waals surface area contributed by atoms with Gasteiger partial charge in [-0.3, -0.25) is 14.4 Å². The largest absolute Gasteiger partial charge is 0.481 e. The van der Waals surface area contributed by atoms with E-state index in [4.69, 9.17) is 15.9 Å². The number of carboxylic acids is 2. The zero-order valence-corrected chi connectivity index (χ0v) is 10.5. The Hall–Kier alpha value is -1.63. The van der Waals surface area contributed by atoms with Gasteiger partial charge in [0.05, 0.1) is 12.0 Å². The molecule has 0 aromatic rings. The minimum absolute atomic E-state index is 0.00734. The lowest BCUT2D eigenvalue weighted by molar-refractivity contribution is -0.143. The third-order valence-corrected chi connectivity index (χ3v) is 2.62. The van der Waals surface area contributed by atoms with Gasteiger partial charge in [0.25, 0.3) is 0 Å². The molecule has 0 saturated carbocycles. The van der Waals surface area contributed by atoms with Crippen molar-refractivity contribution < 1.29 is 24.6 Å². The fourth-order valence-corrected chi connectivity index (χ4v) is 1.36. The topological polar surface area (TPSA) is 130 Å². The first-order chi connectivity index (χ1) is 8.25. The summed E-state index contributed by atoms with van der Waals surface area (Å²) >= 11 is 0. The van der Waals surface area contributed by atoms with E-state index >= 15 is 0 Å². The van der Waals surface area contributed by atoms with Crippen molar-refractivity contribution in [2.75, 3.05) is 6.54 Å². The molecule has 2 atom stereocenters. The van der Waals surface area contributed by atoms with Gasteiger partial charge < -0.3 is 21.3 Å². The highest BCUT2D eigenvalue weighted by atomic mass is 16.4. The van der Waals surface area contributed by atoms with Gasteiger partial charge in [0.1, 0.15) is 0 Å². The number of nitrogens with one attached hydrogen (secondary N) is 1. The minimum atomic E-state index is -1.02. The second-order valence-electron chi connectivity index (χ2n) is 4.47. The lowest BCUT2D eigenvalue weighted by atomic mass is 9.96. The lowest BCUT2D eigenvalue weighted by Gasteiger charge is -2.18. The van der Waals surface area contributed by atoms with E-state index in [0.717, 1.165) is 0 Å². The summed E-state index contributed by atoms with van der Waals surface area (Å²) in [7, 11) is 0. The molecule has 0 aromatic carbocycles. The van der Waals surface area contributed by atoms with Crippen molar-refractivity contribution in [3.63, 3.8) is 0 Å². The molecule has 0 saturated heterocycles. The van der Waals surface area contributed by atoms with Gasteiger partial charge in [-0.2, -0.15) is 0 Å². The van der Waals surface area contributed by atoms with Crippen LogP contribution in [0.5, 0.6) is 0 Å². The normalized spacial score (nSPS) is 14.0. The SMILES string of the molecule is CC(C)C(CNC(=O)C(N)CCC(=O)O)C(=O)O. The summed E-state index contributed by atoms with van der Waals surface area (Å²) in [5.41, 5.74) is 5.48. The third kappa shape index (κ3) is 6.19. The Balaban J connectivity index is 4.15. The lowest BCUT2D eigenvalue weighted by Crippen LogP contribution is -2.44. The number of amides is 1. The van der Waals surface area contributed by atoms with Crippen LogP contribution in [0.2, 0.25) is 0 Å². The Morgan fingerprint density at radius 3 is 2.17 bits per heavy atom. The Morgan fingerprint density at radius 1 is 1.22 bits per heavy atom. The number of carbonyl (C=O) groups excluding carboxylic acids is 1. The number of rotatable bonds is 8. The number of hydrogen-bond donors (Lipinski definition) is 4. The fraction of sp³-hybridized carbons (Fsp3) is 0.727. The highest BCUT2D eigenvalue weighted by molar-refractivity contribution is 5.82. The van der Waals surface area contributed by atoms with Gasteiger partial charge in [0, 0.05) is 13.0 Å². The first kappa shape index (κ1) is 16.4. The van der Waals surface area contributed by atoms with Gasteiger partial charge in [-0.15, -0.1) is 0 Å². The molecule has 18 heavy (non-hydrogen) atoms. The third-order valence-electron chi connectivity index (χ3n) is 2.62. The summed E-state index contributed by atoms with van der Waals surface area (Å²) < 4.78 is 0. The molecule has 0 rings (SSSR count). The molecule has 1 amide bonds. The van der Waals surface area contributed by atoms with E-state index in [-0.39, 0.29) is 25.3 Å². The second kappa shape index (κ2) is 7.65. The molecule has 7 nitrogen and oxygen atoms in total. The van der Waals surface area contributed by atoms with Crippen LogP contribution in [0.15, 0.2) is 0 Å². The maximum atomic E-state index is 11.5. The number of hydrogen-bond acceptors (Lipinski definition) is 4. The molecule has 0 fully saturated rings. The van der Waals surface area contributed by atoms with Crippen LogP contribution in [0.1, 0.15) is 26.7 Å². The molecule has 0 heterocycles. The molecular formula is C11H20N2O5. The molecule has 0 spiro atoms. The van der Waals surface area contributed by atoms with Crippen LogP contribution >= 0.6 is 0 Å². The van der Waals surface area contributed by atoms with Crippen LogP contribution in [0.4, 0.5) is 0 Å². The van der Waals surface area contributed by atoms with Gasteiger partial charge in [-0.05, 0) is 12.3 Å². The quantitative estimate of drug-likeness (QED) is 0.472. The first-order valence-electron chi connectivity index (χ1n) is 5.73. The van der Waals surface area contributed by atoms with E-state index in [1.165, 1.54) is 0 Å². The second-order valence-corrected chi connectivity index (χ2v) is 4.47.